The summed E-state index contributed by atoms with van der Waals surface area (Å²) in [7, 11) is -4.16. The molecule has 1 aliphatic heterocycles. The number of rotatable bonds is 8. The molecule has 0 N–H and O–H groups in total. The molecule has 0 aromatic rings. The van der Waals surface area contributed by atoms with Gasteiger partial charge in [0, 0.05) is 32.1 Å². The minimum Gasteiger partial charge on any atom is -0.395 e. The van der Waals surface area contributed by atoms with E-state index in [4.69, 9.17) is 17.7 Å². The Morgan fingerprint density at radius 1 is 0.667 bits per heavy atom. The van der Waals surface area contributed by atoms with Crippen molar-refractivity contribution in [1.29, 1.82) is 0 Å². The third-order valence-electron chi connectivity index (χ3n) is 3.28. The lowest BCUT2D eigenvalue weighted by Crippen LogP contribution is -2.58. The summed E-state index contributed by atoms with van der Waals surface area (Å²) in [5, 5.41) is 0. The van der Waals surface area contributed by atoms with Crippen molar-refractivity contribution in [2.24, 2.45) is 0 Å². The van der Waals surface area contributed by atoms with E-state index in [0.29, 0.717) is 0 Å². The van der Waals surface area contributed by atoms with Gasteiger partial charge in [-0.25, -0.2) is 0 Å². The zero-order valence-corrected chi connectivity index (χ0v) is 14.3. The lowest BCUT2D eigenvalue weighted by molar-refractivity contribution is 0.154. The third-order valence-corrected chi connectivity index (χ3v) is 13.1. The molecule has 4 nitrogen and oxygen atoms in total. The predicted octanol–water partition coefficient (Wildman–Crippen LogP) is 2.96. The van der Waals surface area contributed by atoms with Crippen LogP contribution in [0.15, 0.2) is 0 Å². The van der Waals surface area contributed by atoms with Crippen molar-refractivity contribution in [3.05, 3.63) is 0 Å². The Morgan fingerprint density at radius 2 is 1.00 bits per heavy atom. The fourth-order valence-electron chi connectivity index (χ4n) is 2.84. The van der Waals surface area contributed by atoms with Crippen LogP contribution < -0.4 is 0 Å². The van der Waals surface area contributed by atoms with Gasteiger partial charge in [-0.1, -0.05) is 0 Å². The Hall–Kier alpha value is 0.274. The molecule has 108 valence electrons. The van der Waals surface area contributed by atoms with Crippen molar-refractivity contribution in [2.45, 2.75) is 51.9 Å². The summed E-state index contributed by atoms with van der Waals surface area (Å²) in [6.45, 7) is 11.1. The van der Waals surface area contributed by atoms with Gasteiger partial charge in [0.05, 0.1) is 0 Å². The van der Waals surface area contributed by atoms with Crippen molar-refractivity contribution in [1.82, 2.24) is 0 Å². The van der Waals surface area contributed by atoms with E-state index in [-0.39, 0.29) is 0 Å². The largest absolute Gasteiger partial charge is 0.395 e. The SMILES string of the molecule is CCO[Si]1(OCC)CCC[Si](OCC)(OCC)C1. The summed E-state index contributed by atoms with van der Waals surface area (Å²) < 4.78 is 24.2. The maximum atomic E-state index is 6.05. The minimum absolute atomic E-state index is 0.731. The molecular weight excluding hydrogens is 264 g/mol. The Balaban J connectivity index is 2.81. The van der Waals surface area contributed by atoms with Gasteiger partial charge in [-0.05, 0) is 46.2 Å². The van der Waals surface area contributed by atoms with Crippen molar-refractivity contribution < 1.29 is 17.7 Å². The quantitative estimate of drug-likeness (QED) is 0.645. The normalized spacial score (nSPS) is 22.0. The van der Waals surface area contributed by atoms with Crippen LogP contribution in [0.1, 0.15) is 34.1 Å². The summed E-state index contributed by atoms with van der Waals surface area (Å²) in [5.41, 5.74) is 0.934. The topological polar surface area (TPSA) is 36.9 Å². The highest BCUT2D eigenvalue weighted by molar-refractivity contribution is 6.87. The average molecular weight is 293 g/mol. The van der Waals surface area contributed by atoms with E-state index in [1.807, 2.05) is 27.7 Å². The second-order valence-corrected chi connectivity index (χ2v) is 11.8. The van der Waals surface area contributed by atoms with Crippen LogP contribution in [0.25, 0.3) is 0 Å². The van der Waals surface area contributed by atoms with E-state index in [0.717, 1.165) is 50.6 Å². The highest BCUT2D eigenvalue weighted by Gasteiger charge is 2.54. The highest BCUT2D eigenvalue weighted by Crippen LogP contribution is 2.38. The molecule has 1 heterocycles. The zero-order valence-electron chi connectivity index (χ0n) is 12.3. The molecule has 1 saturated heterocycles. The molecule has 1 fully saturated rings. The lowest BCUT2D eigenvalue weighted by atomic mass is 10.6. The zero-order chi connectivity index (χ0) is 13.5. The van der Waals surface area contributed by atoms with Crippen molar-refractivity contribution in [3.8, 4) is 0 Å². The van der Waals surface area contributed by atoms with Gasteiger partial charge < -0.3 is 17.7 Å². The van der Waals surface area contributed by atoms with Crippen LogP contribution >= 0.6 is 0 Å². The van der Waals surface area contributed by atoms with E-state index in [1.165, 1.54) is 0 Å². The summed E-state index contributed by atoms with van der Waals surface area (Å²) in [4.78, 5) is 0. The molecule has 18 heavy (non-hydrogen) atoms. The third kappa shape index (κ3) is 4.14. The van der Waals surface area contributed by atoms with Gasteiger partial charge >= 0.3 is 17.1 Å². The first-order valence-electron chi connectivity index (χ1n) is 7.21. The van der Waals surface area contributed by atoms with Gasteiger partial charge in [0.25, 0.3) is 0 Å². The molecule has 0 bridgehead atoms. The molecule has 0 unspecified atom stereocenters. The monoisotopic (exact) mass is 292 g/mol. The van der Waals surface area contributed by atoms with Crippen LogP contribution in [-0.4, -0.2) is 43.5 Å². The molecular formula is C12H28O4Si2. The maximum Gasteiger partial charge on any atom is 0.340 e. The first kappa shape index (κ1) is 16.3. The standard InChI is InChI=1S/C12H28O4Si2/c1-5-13-17(14-6-2)10-9-11-18(12-17,15-7-3)16-8-4/h5-12H2,1-4H3. The Labute approximate surface area is 113 Å². The van der Waals surface area contributed by atoms with Gasteiger partial charge in [0.2, 0.25) is 0 Å². The van der Waals surface area contributed by atoms with Gasteiger partial charge in [0.15, 0.2) is 0 Å². The fraction of sp³-hybridized carbons (Fsp3) is 1.00. The lowest BCUT2D eigenvalue weighted by Gasteiger charge is -2.42. The summed E-state index contributed by atoms with van der Waals surface area (Å²) in [6.07, 6.45) is 1.12. The van der Waals surface area contributed by atoms with Crippen LogP contribution in [0.3, 0.4) is 0 Å². The second-order valence-electron chi connectivity index (χ2n) is 4.58. The Bertz CT molecular complexity index is 193. The van der Waals surface area contributed by atoms with Crippen molar-refractivity contribution in [3.63, 3.8) is 0 Å². The van der Waals surface area contributed by atoms with Gasteiger partial charge in [-0.15, -0.1) is 0 Å². The highest BCUT2D eigenvalue weighted by atomic mass is 28.4. The molecule has 0 aromatic heterocycles. The van der Waals surface area contributed by atoms with Gasteiger partial charge in [0.1, 0.15) is 0 Å². The minimum atomic E-state index is -2.08. The summed E-state index contributed by atoms with van der Waals surface area (Å²) >= 11 is 0. The van der Waals surface area contributed by atoms with Gasteiger partial charge in [-0.2, -0.15) is 0 Å². The first-order chi connectivity index (χ1) is 8.66. The molecule has 0 amide bonds. The predicted molar refractivity (Wildman–Crippen MR) is 77.1 cm³/mol. The summed E-state index contributed by atoms with van der Waals surface area (Å²) in [6, 6.07) is 2.17. The summed E-state index contributed by atoms with van der Waals surface area (Å²) in [5.74, 6) is 0. The first-order valence-corrected chi connectivity index (χ1v) is 11.7. The smallest absolute Gasteiger partial charge is 0.340 e. The van der Waals surface area contributed by atoms with E-state index >= 15 is 0 Å². The molecule has 6 heteroatoms. The van der Waals surface area contributed by atoms with Crippen molar-refractivity contribution >= 4 is 17.1 Å². The number of hydrogen-bond donors (Lipinski definition) is 0. The second kappa shape index (κ2) is 7.76. The van der Waals surface area contributed by atoms with E-state index < -0.39 is 17.1 Å². The Kier molecular flexibility index (Phi) is 7.04. The molecule has 1 rings (SSSR count). The fourth-order valence-corrected chi connectivity index (χ4v) is 13.8. The van der Waals surface area contributed by atoms with E-state index in [2.05, 4.69) is 0 Å². The molecule has 0 spiro atoms. The van der Waals surface area contributed by atoms with E-state index in [9.17, 15) is 0 Å². The van der Waals surface area contributed by atoms with Crippen LogP contribution in [0.5, 0.6) is 0 Å². The molecule has 0 atom stereocenters. The molecule has 0 saturated carbocycles. The molecule has 0 aliphatic carbocycles. The van der Waals surface area contributed by atoms with Crippen LogP contribution in [-0.2, 0) is 17.7 Å². The van der Waals surface area contributed by atoms with Crippen LogP contribution in [0.2, 0.25) is 17.8 Å². The molecule has 0 aromatic carbocycles. The maximum absolute atomic E-state index is 6.05. The molecule has 1 aliphatic rings. The van der Waals surface area contributed by atoms with E-state index in [1.54, 1.807) is 0 Å². The van der Waals surface area contributed by atoms with Crippen LogP contribution in [0, 0.1) is 0 Å². The van der Waals surface area contributed by atoms with Gasteiger partial charge in [-0.3, -0.25) is 0 Å². The average Bonchev–Trinajstić information content (AvgIpc) is 2.30. The number of hydrogen-bond acceptors (Lipinski definition) is 4. The van der Waals surface area contributed by atoms with Crippen LogP contribution in [0.4, 0.5) is 0 Å². The Morgan fingerprint density at radius 3 is 1.28 bits per heavy atom. The van der Waals surface area contributed by atoms with Crippen molar-refractivity contribution in [2.75, 3.05) is 26.4 Å². The molecule has 0 radical (unpaired) electrons.